The molecular weight excluding hydrogens is 484 g/mol. The van der Waals surface area contributed by atoms with Gasteiger partial charge in [0, 0.05) is 30.2 Å². The SMILES string of the molecule is O=C(N[C@H]1C[C@H]2C(=O)N[C@H](Cc3ccc(O)cc3)C(=O)N2C1)c1cccnc1Oc1ccc(Cl)cc1. The molecule has 9 nitrogen and oxygen atoms in total. The fourth-order valence-corrected chi connectivity index (χ4v) is 4.62. The number of nitrogens with zero attached hydrogens (tertiary/aromatic N) is 2. The second-order valence-electron chi connectivity index (χ2n) is 8.76. The maximum Gasteiger partial charge on any atom is 0.257 e. The zero-order valence-electron chi connectivity index (χ0n) is 19.1. The van der Waals surface area contributed by atoms with Gasteiger partial charge >= 0.3 is 0 Å². The van der Waals surface area contributed by atoms with Crippen molar-refractivity contribution >= 4 is 29.3 Å². The van der Waals surface area contributed by atoms with Gasteiger partial charge in [0.25, 0.3) is 5.91 Å². The van der Waals surface area contributed by atoms with Gasteiger partial charge in [0.2, 0.25) is 17.7 Å². The van der Waals surface area contributed by atoms with Crippen molar-refractivity contribution in [2.24, 2.45) is 0 Å². The van der Waals surface area contributed by atoms with Gasteiger partial charge < -0.3 is 25.4 Å². The lowest BCUT2D eigenvalue weighted by molar-refractivity contribution is -0.147. The molecule has 184 valence electrons. The van der Waals surface area contributed by atoms with Gasteiger partial charge in [-0.25, -0.2) is 4.98 Å². The summed E-state index contributed by atoms with van der Waals surface area (Å²) < 4.78 is 5.78. The number of amides is 3. The Bertz CT molecular complexity index is 1300. The number of ether oxygens (including phenoxy) is 1. The van der Waals surface area contributed by atoms with Crippen LogP contribution in [0.1, 0.15) is 22.3 Å². The molecule has 0 saturated carbocycles. The number of fused-ring (bicyclic) bond motifs is 1. The Labute approximate surface area is 212 Å². The van der Waals surface area contributed by atoms with E-state index in [1.54, 1.807) is 48.5 Å². The third kappa shape index (κ3) is 4.96. The minimum absolute atomic E-state index is 0.131. The average Bonchev–Trinajstić information content (AvgIpc) is 3.30. The number of halogens is 1. The Morgan fingerprint density at radius 2 is 1.89 bits per heavy atom. The van der Waals surface area contributed by atoms with Gasteiger partial charge in [0.15, 0.2) is 0 Å². The fourth-order valence-electron chi connectivity index (χ4n) is 4.49. The third-order valence-electron chi connectivity index (χ3n) is 6.26. The highest BCUT2D eigenvalue weighted by molar-refractivity contribution is 6.30. The van der Waals surface area contributed by atoms with E-state index in [2.05, 4.69) is 15.6 Å². The molecule has 0 radical (unpaired) electrons. The Balaban J connectivity index is 1.25. The standard InChI is InChI=1S/C26H23ClN4O5/c27-16-5-9-19(10-6-16)36-25-20(2-1-11-28-25)23(33)29-17-13-22-24(34)30-21(26(35)31(22)14-17)12-15-3-7-18(32)8-4-15/h1-11,17,21-22,32H,12-14H2,(H,29,33)(H,30,34)/t17-,21+,22-/m0/s1. The van der Waals surface area contributed by atoms with E-state index in [4.69, 9.17) is 16.3 Å². The molecule has 0 aliphatic carbocycles. The van der Waals surface area contributed by atoms with Gasteiger partial charge in [-0.05, 0) is 60.5 Å². The molecule has 0 spiro atoms. The van der Waals surface area contributed by atoms with Gasteiger partial charge in [0.1, 0.15) is 29.1 Å². The monoisotopic (exact) mass is 506 g/mol. The summed E-state index contributed by atoms with van der Waals surface area (Å²) in [5.74, 6) is -0.111. The van der Waals surface area contributed by atoms with Crippen LogP contribution in [0.5, 0.6) is 17.4 Å². The minimum atomic E-state index is -0.703. The van der Waals surface area contributed by atoms with Crippen molar-refractivity contribution < 1.29 is 24.2 Å². The second kappa shape index (κ2) is 9.87. The molecule has 3 N–H and O–H groups in total. The van der Waals surface area contributed by atoms with Crippen LogP contribution in [0.15, 0.2) is 66.9 Å². The molecule has 0 unspecified atom stereocenters. The molecule has 2 saturated heterocycles. The number of phenolic OH excluding ortho intramolecular Hbond substituents is 1. The Hall–Kier alpha value is -4.11. The zero-order chi connectivity index (χ0) is 25.2. The van der Waals surface area contributed by atoms with Crippen molar-refractivity contribution in [2.75, 3.05) is 6.54 Å². The summed E-state index contributed by atoms with van der Waals surface area (Å²) >= 11 is 5.92. The van der Waals surface area contributed by atoms with Crippen LogP contribution in [-0.4, -0.2) is 57.4 Å². The number of hydrogen-bond donors (Lipinski definition) is 3. The van der Waals surface area contributed by atoms with Crippen LogP contribution in [0.3, 0.4) is 0 Å². The van der Waals surface area contributed by atoms with Crippen molar-refractivity contribution in [3.63, 3.8) is 0 Å². The van der Waals surface area contributed by atoms with Gasteiger partial charge in [-0.15, -0.1) is 0 Å². The smallest absolute Gasteiger partial charge is 0.257 e. The predicted octanol–water partition coefficient (Wildman–Crippen LogP) is 2.67. The topological polar surface area (TPSA) is 121 Å². The van der Waals surface area contributed by atoms with E-state index in [1.807, 2.05) is 0 Å². The highest BCUT2D eigenvalue weighted by Crippen LogP contribution is 2.27. The summed E-state index contributed by atoms with van der Waals surface area (Å²) in [4.78, 5) is 44.7. The fraction of sp³-hybridized carbons (Fsp3) is 0.231. The van der Waals surface area contributed by atoms with Crippen molar-refractivity contribution in [1.82, 2.24) is 20.5 Å². The zero-order valence-corrected chi connectivity index (χ0v) is 19.8. The van der Waals surface area contributed by atoms with Crippen molar-refractivity contribution in [3.8, 4) is 17.4 Å². The molecule has 3 amide bonds. The lowest BCUT2D eigenvalue weighted by Crippen LogP contribution is -2.61. The van der Waals surface area contributed by atoms with Crippen LogP contribution in [-0.2, 0) is 16.0 Å². The summed E-state index contributed by atoms with van der Waals surface area (Å²) in [5, 5.41) is 15.7. The maximum atomic E-state index is 13.1. The second-order valence-corrected chi connectivity index (χ2v) is 9.19. The summed E-state index contributed by atoms with van der Waals surface area (Å²) in [5.41, 5.74) is 1.05. The molecule has 2 aliphatic heterocycles. The number of piperazine rings is 1. The lowest BCUT2D eigenvalue weighted by atomic mass is 10.0. The maximum absolute atomic E-state index is 13.1. The van der Waals surface area contributed by atoms with E-state index < -0.39 is 24.0 Å². The largest absolute Gasteiger partial charge is 0.508 e. The highest BCUT2D eigenvalue weighted by Gasteiger charge is 2.46. The number of carbonyl (C=O) groups excluding carboxylic acids is 3. The van der Waals surface area contributed by atoms with Crippen LogP contribution in [0, 0.1) is 0 Å². The molecule has 3 atom stereocenters. The first-order valence-corrected chi connectivity index (χ1v) is 11.8. The van der Waals surface area contributed by atoms with Gasteiger partial charge in [-0.2, -0.15) is 0 Å². The van der Waals surface area contributed by atoms with Crippen LogP contribution in [0.4, 0.5) is 0 Å². The van der Waals surface area contributed by atoms with Crippen molar-refractivity contribution in [3.05, 3.63) is 83.0 Å². The number of carbonyl (C=O) groups is 3. The van der Waals surface area contributed by atoms with Crippen molar-refractivity contribution in [1.29, 1.82) is 0 Å². The number of nitrogens with one attached hydrogen (secondary N) is 2. The first-order valence-electron chi connectivity index (χ1n) is 11.5. The summed E-state index contributed by atoms with van der Waals surface area (Å²) in [6.07, 6.45) is 2.14. The van der Waals surface area contributed by atoms with Crippen LogP contribution in [0.25, 0.3) is 0 Å². The Morgan fingerprint density at radius 3 is 2.64 bits per heavy atom. The normalized spacial score (nSPS) is 21.0. The van der Waals surface area contributed by atoms with E-state index in [9.17, 15) is 19.5 Å². The highest BCUT2D eigenvalue weighted by atomic mass is 35.5. The Morgan fingerprint density at radius 1 is 1.14 bits per heavy atom. The summed E-state index contributed by atoms with van der Waals surface area (Å²) in [6, 6.07) is 14.7. The third-order valence-corrected chi connectivity index (χ3v) is 6.51. The number of phenols is 1. The average molecular weight is 507 g/mol. The molecule has 2 aliphatic rings. The molecule has 2 fully saturated rings. The van der Waals surface area contributed by atoms with Crippen LogP contribution < -0.4 is 15.4 Å². The predicted molar refractivity (Wildman–Crippen MR) is 131 cm³/mol. The first kappa shape index (κ1) is 23.6. The molecule has 10 heteroatoms. The van der Waals surface area contributed by atoms with E-state index >= 15 is 0 Å². The summed E-state index contributed by atoms with van der Waals surface area (Å²) in [6.45, 7) is 0.225. The molecule has 3 heterocycles. The quantitative estimate of drug-likeness (QED) is 0.472. The molecule has 2 aromatic carbocycles. The number of aromatic hydroxyl groups is 1. The molecule has 0 bridgehead atoms. The van der Waals surface area contributed by atoms with E-state index in [0.29, 0.717) is 23.6 Å². The van der Waals surface area contributed by atoms with E-state index in [-0.39, 0.29) is 35.6 Å². The number of benzene rings is 2. The summed E-state index contributed by atoms with van der Waals surface area (Å²) in [7, 11) is 0. The van der Waals surface area contributed by atoms with Gasteiger partial charge in [-0.3, -0.25) is 14.4 Å². The van der Waals surface area contributed by atoms with Crippen LogP contribution >= 0.6 is 11.6 Å². The molecular formula is C26H23ClN4O5. The molecule has 5 rings (SSSR count). The first-order chi connectivity index (χ1) is 17.4. The van der Waals surface area contributed by atoms with Crippen molar-refractivity contribution in [2.45, 2.75) is 31.0 Å². The van der Waals surface area contributed by atoms with E-state index in [0.717, 1.165) is 5.56 Å². The van der Waals surface area contributed by atoms with E-state index in [1.165, 1.54) is 23.2 Å². The molecule has 3 aromatic rings. The number of rotatable bonds is 6. The Kier molecular flexibility index (Phi) is 6.47. The number of pyridine rings is 1. The molecule has 1 aromatic heterocycles. The van der Waals surface area contributed by atoms with Crippen LogP contribution in [0.2, 0.25) is 5.02 Å². The number of aromatic nitrogens is 1. The molecule has 36 heavy (non-hydrogen) atoms. The van der Waals surface area contributed by atoms with Gasteiger partial charge in [-0.1, -0.05) is 23.7 Å². The lowest BCUT2D eigenvalue weighted by Gasteiger charge is -2.34. The van der Waals surface area contributed by atoms with Gasteiger partial charge in [0.05, 0.1) is 0 Å². The number of hydrogen-bond acceptors (Lipinski definition) is 6. The minimum Gasteiger partial charge on any atom is -0.508 e.